The first-order valence-electron chi connectivity index (χ1n) is 7.25. The van der Waals surface area contributed by atoms with E-state index in [1.54, 1.807) is 47.6 Å². The number of hydrogen-bond donors (Lipinski definition) is 1. The maximum absolute atomic E-state index is 14.4. The molecule has 1 aromatic carbocycles. The monoisotopic (exact) mass is 336 g/mol. The maximum Gasteiger partial charge on any atom is 0.343 e. The van der Waals surface area contributed by atoms with E-state index in [9.17, 15) is 14.0 Å². The van der Waals surface area contributed by atoms with E-state index in [-0.39, 0.29) is 5.56 Å². The van der Waals surface area contributed by atoms with Crippen LogP contribution in [-0.4, -0.2) is 23.1 Å². The summed E-state index contributed by atoms with van der Waals surface area (Å²) in [5.74, 6) is -3.04. The topological polar surface area (TPSA) is 102 Å². The Hall–Kier alpha value is -2.62. The van der Waals surface area contributed by atoms with Crippen molar-refractivity contribution >= 4 is 17.6 Å². The van der Waals surface area contributed by atoms with Crippen LogP contribution in [0.25, 0.3) is 0 Å². The van der Waals surface area contributed by atoms with Crippen LogP contribution in [0.4, 0.5) is 10.1 Å². The molecule has 0 fully saturated rings. The molecule has 0 aliphatic rings. The van der Waals surface area contributed by atoms with Crippen LogP contribution in [0.5, 0.6) is 0 Å². The Morgan fingerprint density at radius 2 is 1.54 bits per heavy atom. The van der Waals surface area contributed by atoms with Crippen molar-refractivity contribution in [2.24, 2.45) is 0 Å². The number of anilines is 1. The van der Waals surface area contributed by atoms with Gasteiger partial charge in [0.2, 0.25) is 0 Å². The van der Waals surface area contributed by atoms with E-state index in [4.69, 9.17) is 20.5 Å². The zero-order valence-electron chi connectivity index (χ0n) is 14.6. The number of nitrogens with zero attached hydrogens (tertiary/aromatic N) is 1. The molecule has 0 aliphatic carbocycles. The average molecular weight is 336 g/mol. The Morgan fingerprint density at radius 3 is 1.96 bits per heavy atom. The average Bonchev–Trinajstić information content (AvgIpc) is 2.34. The van der Waals surface area contributed by atoms with E-state index in [1.807, 2.05) is 0 Å². The molecule has 130 valence electrons. The standard InChI is InChI=1S/C17H21FN2O4/c1-16(2,3)23-14(21)10-7-9(8-19)12(18)11(13(10)20)15(22)24-17(4,5)6/h7H,20H2,1-6H3. The summed E-state index contributed by atoms with van der Waals surface area (Å²) < 4.78 is 24.7. The first-order chi connectivity index (χ1) is 10.8. The zero-order valence-corrected chi connectivity index (χ0v) is 14.6. The second kappa shape index (κ2) is 6.48. The van der Waals surface area contributed by atoms with Crippen molar-refractivity contribution in [2.75, 3.05) is 5.73 Å². The molecule has 1 rings (SSSR count). The summed E-state index contributed by atoms with van der Waals surface area (Å²) in [5, 5.41) is 9.05. The van der Waals surface area contributed by atoms with Crippen molar-refractivity contribution in [3.05, 3.63) is 28.6 Å². The van der Waals surface area contributed by atoms with Gasteiger partial charge in [-0.05, 0) is 47.6 Å². The molecular weight excluding hydrogens is 315 g/mol. The van der Waals surface area contributed by atoms with Gasteiger partial charge in [0.1, 0.15) is 22.8 Å². The molecule has 2 N–H and O–H groups in total. The van der Waals surface area contributed by atoms with Crippen LogP contribution in [-0.2, 0) is 9.47 Å². The summed E-state index contributed by atoms with van der Waals surface area (Å²) in [7, 11) is 0. The lowest BCUT2D eigenvalue weighted by molar-refractivity contribution is 0.00648. The summed E-state index contributed by atoms with van der Waals surface area (Å²) in [6, 6.07) is 2.56. The van der Waals surface area contributed by atoms with Crippen molar-refractivity contribution in [1.29, 1.82) is 5.26 Å². The van der Waals surface area contributed by atoms with E-state index in [0.717, 1.165) is 6.07 Å². The molecule has 0 saturated heterocycles. The van der Waals surface area contributed by atoms with Gasteiger partial charge in [0.05, 0.1) is 16.8 Å². The van der Waals surface area contributed by atoms with Gasteiger partial charge in [0, 0.05) is 0 Å². The molecule has 0 bridgehead atoms. The summed E-state index contributed by atoms with van der Waals surface area (Å²) in [5.41, 5.74) is 2.25. The Bertz CT molecular complexity index is 722. The molecule has 1 aromatic rings. The zero-order chi connectivity index (χ0) is 18.9. The third-order valence-electron chi connectivity index (χ3n) is 2.65. The molecule has 0 unspecified atom stereocenters. The summed E-state index contributed by atoms with van der Waals surface area (Å²) in [6.45, 7) is 9.73. The number of carbonyl (C=O) groups is 2. The van der Waals surface area contributed by atoms with Crippen LogP contribution >= 0.6 is 0 Å². The molecule has 6 nitrogen and oxygen atoms in total. The van der Waals surface area contributed by atoms with Crippen LogP contribution < -0.4 is 5.73 Å². The maximum atomic E-state index is 14.4. The largest absolute Gasteiger partial charge is 0.456 e. The number of rotatable bonds is 2. The van der Waals surface area contributed by atoms with Gasteiger partial charge in [0.25, 0.3) is 0 Å². The molecule has 24 heavy (non-hydrogen) atoms. The van der Waals surface area contributed by atoms with Crippen LogP contribution in [0.3, 0.4) is 0 Å². The van der Waals surface area contributed by atoms with E-state index in [1.165, 1.54) is 0 Å². The predicted molar refractivity (Wildman–Crippen MR) is 85.9 cm³/mol. The lowest BCUT2D eigenvalue weighted by atomic mass is 10.0. The minimum absolute atomic E-state index is 0.260. The third kappa shape index (κ3) is 4.69. The van der Waals surface area contributed by atoms with E-state index in [0.29, 0.717) is 0 Å². The van der Waals surface area contributed by atoms with Crippen molar-refractivity contribution < 1.29 is 23.5 Å². The van der Waals surface area contributed by atoms with Gasteiger partial charge in [0.15, 0.2) is 5.82 Å². The van der Waals surface area contributed by atoms with E-state index < -0.39 is 45.8 Å². The smallest absolute Gasteiger partial charge is 0.343 e. The third-order valence-corrected chi connectivity index (χ3v) is 2.65. The second-order valence-corrected chi connectivity index (χ2v) is 7.19. The Kier molecular flexibility index (Phi) is 5.24. The molecule has 0 atom stereocenters. The lowest BCUT2D eigenvalue weighted by Crippen LogP contribution is -2.27. The number of carbonyl (C=O) groups excluding carboxylic acids is 2. The minimum Gasteiger partial charge on any atom is -0.456 e. The van der Waals surface area contributed by atoms with Gasteiger partial charge < -0.3 is 15.2 Å². The number of nitrogen functional groups attached to an aromatic ring is 1. The summed E-state index contributed by atoms with van der Waals surface area (Å²) >= 11 is 0. The first-order valence-corrected chi connectivity index (χ1v) is 7.25. The van der Waals surface area contributed by atoms with Crippen molar-refractivity contribution in [2.45, 2.75) is 52.7 Å². The number of halogens is 1. The highest BCUT2D eigenvalue weighted by molar-refractivity contribution is 6.04. The molecule has 0 spiro atoms. The SMILES string of the molecule is CC(C)(C)OC(=O)c1cc(C#N)c(F)c(C(=O)OC(C)(C)C)c1N. The predicted octanol–water partition coefficient (Wildman–Crippen LogP) is 3.19. The highest BCUT2D eigenvalue weighted by Crippen LogP contribution is 2.28. The van der Waals surface area contributed by atoms with Gasteiger partial charge in [-0.3, -0.25) is 0 Å². The number of nitrogens with two attached hydrogens (primary N) is 1. The highest BCUT2D eigenvalue weighted by Gasteiger charge is 2.30. The lowest BCUT2D eigenvalue weighted by Gasteiger charge is -2.22. The molecule has 0 amide bonds. The van der Waals surface area contributed by atoms with Gasteiger partial charge in [-0.25, -0.2) is 14.0 Å². The Labute approximate surface area is 140 Å². The number of ether oxygens (including phenoxy) is 2. The van der Waals surface area contributed by atoms with Crippen molar-refractivity contribution in [1.82, 2.24) is 0 Å². The second-order valence-electron chi connectivity index (χ2n) is 7.19. The Morgan fingerprint density at radius 1 is 1.08 bits per heavy atom. The van der Waals surface area contributed by atoms with Crippen molar-refractivity contribution in [3.8, 4) is 6.07 Å². The number of hydrogen-bond acceptors (Lipinski definition) is 6. The quantitative estimate of drug-likeness (QED) is 0.657. The van der Waals surface area contributed by atoms with Crippen LogP contribution in [0.2, 0.25) is 0 Å². The van der Waals surface area contributed by atoms with Gasteiger partial charge in [-0.15, -0.1) is 0 Å². The first kappa shape index (κ1) is 19.4. The molecular formula is C17H21FN2O4. The molecule has 0 saturated carbocycles. The Balaban J connectivity index is 3.50. The number of esters is 2. The molecule has 0 aliphatic heterocycles. The van der Waals surface area contributed by atoms with Gasteiger partial charge in [-0.1, -0.05) is 0 Å². The van der Waals surface area contributed by atoms with Gasteiger partial charge in [-0.2, -0.15) is 5.26 Å². The van der Waals surface area contributed by atoms with Crippen LogP contribution in [0, 0.1) is 17.1 Å². The van der Waals surface area contributed by atoms with Crippen molar-refractivity contribution in [3.63, 3.8) is 0 Å². The van der Waals surface area contributed by atoms with Gasteiger partial charge >= 0.3 is 11.9 Å². The molecule has 0 aromatic heterocycles. The normalized spacial score (nSPS) is 11.6. The minimum atomic E-state index is -1.13. The fraction of sp³-hybridized carbons (Fsp3) is 0.471. The summed E-state index contributed by atoms with van der Waals surface area (Å²) in [4.78, 5) is 24.5. The highest BCUT2D eigenvalue weighted by atomic mass is 19.1. The van der Waals surface area contributed by atoms with Crippen LogP contribution in [0.1, 0.15) is 67.8 Å². The number of benzene rings is 1. The van der Waals surface area contributed by atoms with E-state index in [2.05, 4.69) is 0 Å². The molecule has 7 heteroatoms. The fourth-order valence-corrected chi connectivity index (χ4v) is 1.79. The van der Waals surface area contributed by atoms with Crippen LogP contribution in [0.15, 0.2) is 6.07 Å². The fourth-order valence-electron chi connectivity index (χ4n) is 1.79. The molecule has 0 heterocycles. The van der Waals surface area contributed by atoms with E-state index >= 15 is 0 Å². The summed E-state index contributed by atoms with van der Waals surface area (Å²) in [6.07, 6.45) is 0. The number of nitriles is 1. The molecule has 0 radical (unpaired) electrons.